The molecule has 2 N–H and O–H groups in total. The van der Waals surface area contributed by atoms with Crippen molar-refractivity contribution in [1.82, 2.24) is 0 Å². The van der Waals surface area contributed by atoms with Gasteiger partial charge < -0.3 is 10.5 Å². The summed E-state index contributed by atoms with van der Waals surface area (Å²) in [5, 5.41) is 0. The van der Waals surface area contributed by atoms with Crippen LogP contribution in [0.15, 0.2) is 47.1 Å². The second-order valence-corrected chi connectivity index (χ2v) is 6.01. The molecule has 1 heterocycles. The van der Waals surface area contributed by atoms with Gasteiger partial charge in [0.2, 0.25) is 0 Å². The molecule has 1 aliphatic rings. The molecular formula is C17H21NOS. The Balaban J connectivity index is 2.48. The SMILES string of the molecule is C=C1Oc2cc(N)c(S)cc2C(C)=C1CC(=C)C(C)C. The lowest BCUT2D eigenvalue weighted by Gasteiger charge is -2.25. The van der Waals surface area contributed by atoms with E-state index in [2.05, 4.69) is 46.6 Å². The Morgan fingerprint density at radius 3 is 2.65 bits per heavy atom. The Hall–Kier alpha value is -1.61. The van der Waals surface area contributed by atoms with Gasteiger partial charge in [0, 0.05) is 27.8 Å². The van der Waals surface area contributed by atoms with Crippen LogP contribution in [0.25, 0.3) is 5.57 Å². The fourth-order valence-electron chi connectivity index (χ4n) is 2.19. The number of benzene rings is 1. The molecule has 0 amide bonds. The Kier molecular flexibility index (Phi) is 4.00. The van der Waals surface area contributed by atoms with Crippen LogP contribution in [-0.2, 0) is 0 Å². The highest BCUT2D eigenvalue weighted by molar-refractivity contribution is 7.80. The van der Waals surface area contributed by atoms with Gasteiger partial charge in [-0.1, -0.05) is 32.6 Å². The molecule has 20 heavy (non-hydrogen) atoms. The number of hydrogen-bond acceptors (Lipinski definition) is 3. The molecule has 0 atom stereocenters. The lowest BCUT2D eigenvalue weighted by atomic mass is 9.89. The Morgan fingerprint density at radius 2 is 2.05 bits per heavy atom. The molecule has 0 fully saturated rings. The molecule has 1 aromatic carbocycles. The van der Waals surface area contributed by atoms with Crippen molar-refractivity contribution in [2.75, 3.05) is 5.73 Å². The van der Waals surface area contributed by atoms with Crippen LogP contribution in [0.3, 0.4) is 0 Å². The van der Waals surface area contributed by atoms with Crippen LogP contribution >= 0.6 is 12.6 Å². The zero-order valence-corrected chi connectivity index (χ0v) is 13.2. The van der Waals surface area contributed by atoms with Crippen molar-refractivity contribution < 1.29 is 4.74 Å². The van der Waals surface area contributed by atoms with Gasteiger partial charge in [0.1, 0.15) is 11.5 Å². The first-order valence-corrected chi connectivity index (χ1v) is 7.13. The first-order valence-electron chi connectivity index (χ1n) is 6.68. The summed E-state index contributed by atoms with van der Waals surface area (Å²) in [4.78, 5) is 0.765. The van der Waals surface area contributed by atoms with E-state index in [0.717, 1.165) is 33.8 Å². The molecule has 0 aromatic heterocycles. The summed E-state index contributed by atoms with van der Waals surface area (Å²) in [5.74, 6) is 1.88. The molecule has 1 aromatic rings. The summed E-state index contributed by atoms with van der Waals surface area (Å²) in [7, 11) is 0. The van der Waals surface area contributed by atoms with Gasteiger partial charge in [-0.2, -0.15) is 0 Å². The topological polar surface area (TPSA) is 35.2 Å². The van der Waals surface area contributed by atoms with Crippen LogP contribution in [0.4, 0.5) is 5.69 Å². The number of fused-ring (bicyclic) bond motifs is 1. The van der Waals surface area contributed by atoms with Gasteiger partial charge in [-0.25, -0.2) is 0 Å². The van der Waals surface area contributed by atoms with Crippen LogP contribution < -0.4 is 10.5 Å². The van der Waals surface area contributed by atoms with Crippen molar-refractivity contribution in [3.63, 3.8) is 0 Å². The van der Waals surface area contributed by atoms with E-state index in [0.29, 0.717) is 17.4 Å². The predicted molar refractivity (Wildman–Crippen MR) is 89.1 cm³/mol. The second kappa shape index (κ2) is 5.41. The standard InChI is InChI=1S/C17H21NOS/c1-9(2)10(3)6-13-11(4)14-7-17(20)15(18)8-16(14)19-12(13)5/h7-9,20H,3,5-6,18H2,1-2,4H3. The smallest absolute Gasteiger partial charge is 0.137 e. The molecule has 0 unspecified atom stereocenters. The molecule has 2 rings (SSSR count). The Bertz CT molecular complexity index is 626. The van der Waals surface area contributed by atoms with E-state index >= 15 is 0 Å². The summed E-state index contributed by atoms with van der Waals surface area (Å²) < 4.78 is 5.82. The van der Waals surface area contributed by atoms with Crippen LogP contribution in [0.1, 0.15) is 32.8 Å². The normalized spacial score (nSPS) is 14.3. The van der Waals surface area contributed by atoms with Crippen LogP contribution in [0, 0.1) is 5.92 Å². The van der Waals surface area contributed by atoms with Gasteiger partial charge in [-0.05, 0) is 30.9 Å². The average molecular weight is 287 g/mol. The highest BCUT2D eigenvalue weighted by Crippen LogP contribution is 2.42. The van der Waals surface area contributed by atoms with Crippen LogP contribution in [0.5, 0.6) is 5.75 Å². The van der Waals surface area contributed by atoms with Gasteiger partial charge in [-0.15, -0.1) is 12.6 Å². The van der Waals surface area contributed by atoms with Crippen LogP contribution in [-0.4, -0.2) is 0 Å². The lowest BCUT2D eigenvalue weighted by Crippen LogP contribution is -2.10. The average Bonchev–Trinajstić information content (AvgIpc) is 2.37. The van der Waals surface area contributed by atoms with Crippen molar-refractivity contribution in [3.8, 4) is 5.75 Å². The number of nitrogen functional groups attached to an aromatic ring is 1. The highest BCUT2D eigenvalue weighted by atomic mass is 32.1. The van der Waals surface area contributed by atoms with Gasteiger partial charge in [-0.3, -0.25) is 0 Å². The van der Waals surface area contributed by atoms with E-state index in [1.165, 1.54) is 5.57 Å². The molecule has 0 aliphatic carbocycles. The fourth-order valence-corrected chi connectivity index (χ4v) is 2.38. The van der Waals surface area contributed by atoms with Gasteiger partial charge in [0.05, 0.1) is 0 Å². The molecule has 0 spiro atoms. The van der Waals surface area contributed by atoms with E-state index in [-0.39, 0.29) is 0 Å². The van der Waals surface area contributed by atoms with E-state index in [4.69, 9.17) is 10.5 Å². The van der Waals surface area contributed by atoms with Crippen molar-refractivity contribution >= 4 is 23.9 Å². The highest BCUT2D eigenvalue weighted by Gasteiger charge is 2.22. The lowest BCUT2D eigenvalue weighted by molar-refractivity contribution is 0.428. The molecule has 0 saturated carbocycles. The van der Waals surface area contributed by atoms with Gasteiger partial charge in [0.25, 0.3) is 0 Å². The van der Waals surface area contributed by atoms with Crippen LogP contribution in [0.2, 0.25) is 0 Å². The first kappa shape index (κ1) is 14.8. The van der Waals surface area contributed by atoms with E-state index in [9.17, 15) is 0 Å². The summed E-state index contributed by atoms with van der Waals surface area (Å²) in [5.41, 5.74) is 11.0. The Labute approximate surface area is 126 Å². The number of thiol groups is 1. The molecule has 2 nitrogen and oxygen atoms in total. The zero-order chi connectivity index (χ0) is 15.0. The van der Waals surface area contributed by atoms with Crippen molar-refractivity contribution in [2.24, 2.45) is 5.92 Å². The predicted octanol–water partition coefficient (Wildman–Crippen LogP) is 4.84. The third kappa shape index (κ3) is 2.63. The van der Waals surface area contributed by atoms with E-state index < -0.39 is 0 Å². The number of rotatable bonds is 3. The maximum Gasteiger partial charge on any atom is 0.137 e. The summed E-state index contributed by atoms with van der Waals surface area (Å²) in [6.45, 7) is 14.5. The van der Waals surface area contributed by atoms with E-state index in [1.54, 1.807) is 6.07 Å². The van der Waals surface area contributed by atoms with E-state index in [1.807, 2.05) is 6.07 Å². The van der Waals surface area contributed by atoms with Crippen molar-refractivity contribution in [2.45, 2.75) is 32.1 Å². The zero-order valence-electron chi connectivity index (χ0n) is 12.3. The Morgan fingerprint density at radius 1 is 1.40 bits per heavy atom. The molecule has 0 bridgehead atoms. The molecule has 0 radical (unpaired) electrons. The molecular weight excluding hydrogens is 266 g/mol. The minimum Gasteiger partial charge on any atom is -0.457 e. The first-order chi connectivity index (χ1) is 9.31. The second-order valence-electron chi connectivity index (χ2n) is 5.53. The molecule has 0 saturated heterocycles. The number of nitrogens with two attached hydrogens (primary N) is 1. The third-order valence-corrected chi connectivity index (χ3v) is 4.16. The number of hydrogen-bond donors (Lipinski definition) is 2. The van der Waals surface area contributed by atoms with Crippen molar-refractivity contribution in [3.05, 3.63) is 47.8 Å². The number of ether oxygens (including phenoxy) is 1. The number of allylic oxidation sites excluding steroid dienone is 3. The van der Waals surface area contributed by atoms with Gasteiger partial charge in [0.15, 0.2) is 0 Å². The molecule has 3 heteroatoms. The summed E-state index contributed by atoms with van der Waals surface area (Å²) >= 11 is 4.38. The van der Waals surface area contributed by atoms with Gasteiger partial charge >= 0.3 is 0 Å². The third-order valence-electron chi connectivity index (χ3n) is 3.78. The van der Waals surface area contributed by atoms with Crippen molar-refractivity contribution in [1.29, 1.82) is 0 Å². The minimum absolute atomic E-state index is 0.441. The maximum absolute atomic E-state index is 5.87. The summed E-state index contributed by atoms with van der Waals surface area (Å²) in [6, 6.07) is 3.76. The quantitative estimate of drug-likeness (QED) is 0.474. The summed E-state index contributed by atoms with van der Waals surface area (Å²) in [6.07, 6.45) is 0.786. The fraction of sp³-hybridized carbons (Fsp3) is 0.294. The minimum atomic E-state index is 0.441. The number of anilines is 1. The molecule has 1 aliphatic heterocycles. The maximum atomic E-state index is 5.87. The molecule has 106 valence electrons. The monoisotopic (exact) mass is 287 g/mol. The largest absolute Gasteiger partial charge is 0.457 e.